The van der Waals surface area contributed by atoms with Gasteiger partial charge in [0.25, 0.3) is 5.91 Å². The molecule has 0 spiro atoms. The molecule has 156 valence electrons. The van der Waals surface area contributed by atoms with Gasteiger partial charge in [-0.2, -0.15) is 0 Å². The van der Waals surface area contributed by atoms with Crippen molar-refractivity contribution < 1.29 is 18.7 Å². The predicted octanol–water partition coefficient (Wildman–Crippen LogP) is 3.85. The number of hydrogen-bond donors (Lipinski definition) is 1. The Labute approximate surface area is 171 Å². The van der Waals surface area contributed by atoms with E-state index in [1.807, 2.05) is 39.0 Å². The van der Waals surface area contributed by atoms with Crippen LogP contribution in [-0.4, -0.2) is 35.9 Å². The van der Waals surface area contributed by atoms with Gasteiger partial charge in [-0.3, -0.25) is 9.59 Å². The lowest BCUT2D eigenvalue weighted by molar-refractivity contribution is -0.143. The number of carbonyl (C=O) groups is 2. The van der Waals surface area contributed by atoms with Gasteiger partial charge in [-0.1, -0.05) is 38.1 Å². The first kappa shape index (κ1) is 22.4. The molecule has 0 aliphatic rings. The maximum Gasteiger partial charge on any atom is 0.261 e. The molecule has 2 amide bonds. The molecule has 0 saturated heterocycles. The minimum atomic E-state index is -0.625. The number of carbonyl (C=O) groups excluding carboxylic acids is 2. The fourth-order valence-electron chi connectivity index (χ4n) is 3.01. The van der Waals surface area contributed by atoms with Crippen LogP contribution in [0, 0.1) is 12.7 Å². The highest BCUT2D eigenvalue weighted by Gasteiger charge is 2.28. The van der Waals surface area contributed by atoms with E-state index in [1.165, 1.54) is 17.0 Å². The average Bonchev–Trinajstić information content (AvgIpc) is 2.71. The molecular weight excluding hydrogens is 371 g/mol. The van der Waals surface area contributed by atoms with Gasteiger partial charge in [0.2, 0.25) is 5.91 Å². The van der Waals surface area contributed by atoms with Crippen LogP contribution in [0.2, 0.25) is 0 Å². The van der Waals surface area contributed by atoms with Crippen LogP contribution in [0.5, 0.6) is 5.75 Å². The van der Waals surface area contributed by atoms with Crippen molar-refractivity contribution in [1.82, 2.24) is 10.2 Å². The Balaban J connectivity index is 2.17. The molecule has 6 heteroatoms. The van der Waals surface area contributed by atoms with E-state index in [9.17, 15) is 14.0 Å². The molecule has 2 rings (SSSR count). The van der Waals surface area contributed by atoms with Gasteiger partial charge in [0.15, 0.2) is 6.61 Å². The van der Waals surface area contributed by atoms with E-state index in [-0.39, 0.29) is 30.8 Å². The third-order valence-electron chi connectivity index (χ3n) is 4.55. The number of hydrogen-bond acceptors (Lipinski definition) is 3. The van der Waals surface area contributed by atoms with E-state index in [1.54, 1.807) is 18.2 Å². The zero-order valence-electron chi connectivity index (χ0n) is 17.3. The summed E-state index contributed by atoms with van der Waals surface area (Å²) < 4.78 is 18.9. The van der Waals surface area contributed by atoms with Crippen LogP contribution in [0.3, 0.4) is 0 Å². The summed E-state index contributed by atoms with van der Waals surface area (Å²) in [5.41, 5.74) is 1.78. The minimum absolute atomic E-state index is 0.178. The smallest absolute Gasteiger partial charge is 0.261 e. The van der Waals surface area contributed by atoms with Crippen molar-refractivity contribution in [2.24, 2.45) is 0 Å². The second-order valence-electron chi connectivity index (χ2n) is 6.97. The molecule has 29 heavy (non-hydrogen) atoms. The minimum Gasteiger partial charge on any atom is -0.484 e. The Kier molecular flexibility index (Phi) is 8.65. The Hall–Kier alpha value is -2.89. The van der Waals surface area contributed by atoms with Crippen molar-refractivity contribution in [3.63, 3.8) is 0 Å². The quantitative estimate of drug-likeness (QED) is 0.659. The number of ether oxygens (including phenoxy) is 1. The molecular formula is C23H29FN2O3. The molecule has 0 aromatic heterocycles. The van der Waals surface area contributed by atoms with Gasteiger partial charge < -0.3 is 15.0 Å². The topological polar surface area (TPSA) is 58.6 Å². The van der Waals surface area contributed by atoms with Crippen molar-refractivity contribution in [1.29, 1.82) is 0 Å². The zero-order chi connectivity index (χ0) is 21.2. The van der Waals surface area contributed by atoms with Crippen molar-refractivity contribution in [2.45, 2.75) is 46.2 Å². The highest BCUT2D eigenvalue weighted by atomic mass is 19.1. The number of nitrogens with zero attached hydrogens (tertiary/aromatic N) is 1. The summed E-state index contributed by atoms with van der Waals surface area (Å²) in [5.74, 6) is -0.236. The molecule has 1 atom stereocenters. The first-order chi connectivity index (χ1) is 13.9. The van der Waals surface area contributed by atoms with E-state index >= 15 is 0 Å². The molecule has 0 aliphatic carbocycles. The van der Waals surface area contributed by atoms with Gasteiger partial charge in [0, 0.05) is 13.1 Å². The number of benzene rings is 2. The Bertz CT molecular complexity index is 808. The fourth-order valence-corrected chi connectivity index (χ4v) is 3.01. The van der Waals surface area contributed by atoms with Gasteiger partial charge in [-0.05, 0) is 55.2 Å². The standard InChI is InChI=1S/C23H29FN2O3/c1-4-13-25-23(28)21(5-2)26(15-18-9-11-19(24)12-10-18)22(27)16-29-20-8-6-7-17(3)14-20/h6-12,14,21H,4-5,13,15-16H2,1-3H3,(H,25,28). The third kappa shape index (κ3) is 6.89. The first-order valence-electron chi connectivity index (χ1n) is 9.95. The van der Waals surface area contributed by atoms with Crippen LogP contribution in [0.4, 0.5) is 4.39 Å². The molecule has 5 nitrogen and oxygen atoms in total. The Morgan fingerprint density at radius 3 is 2.48 bits per heavy atom. The lowest BCUT2D eigenvalue weighted by Crippen LogP contribution is -2.50. The third-order valence-corrected chi connectivity index (χ3v) is 4.55. The van der Waals surface area contributed by atoms with Gasteiger partial charge in [-0.15, -0.1) is 0 Å². The lowest BCUT2D eigenvalue weighted by atomic mass is 10.1. The summed E-state index contributed by atoms with van der Waals surface area (Å²) in [7, 11) is 0. The highest BCUT2D eigenvalue weighted by molar-refractivity contribution is 5.88. The molecule has 0 aliphatic heterocycles. The van der Waals surface area contributed by atoms with Gasteiger partial charge in [0.05, 0.1) is 0 Å². The maximum absolute atomic E-state index is 13.3. The first-order valence-corrected chi connectivity index (χ1v) is 9.95. The normalized spacial score (nSPS) is 11.6. The molecule has 1 N–H and O–H groups in total. The van der Waals surface area contributed by atoms with Crippen molar-refractivity contribution in [2.75, 3.05) is 13.2 Å². The number of aryl methyl sites for hydroxylation is 1. The molecule has 2 aromatic rings. The second kappa shape index (κ2) is 11.2. The Morgan fingerprint density at radius 1 is 1.14 bits per heavy atom. The molecule has 0 radical (unpaired) electrons. The summed E-state index contributed by atoms with van der Waals surface area (Å²) in [6, 6.07) is 12.7. The summed E-state index contributed by atoms with van der Waals surface area (Å²) in [6.07, 6.45) is 1.28. The number of amides is 2. The van der Waals surface area contributed by atoms with E-state index in [0.717, 1.165) is 17.5 Å². The second-order valence-corrected chi connectivity index (χ2v) is 6.97. The van der Waals surface area contributed by atoms with Crippen LogP contribution in [0.25, 0.3) is 0 Å². The monoisotopic (exact) mass is 400 g/mol. The van der Waals surface area contributed by atoms with Crippen LogP contribution in [-0.2, 0) is 16.1 Å². The SMILES string of the molecule is CCCNC(=O)C(CC)N(Cc1ccc(F)cc1)C(=O)COc1cccc(C)c1. The van der Waals surface area contributed by atoms with Crippen molar-refractivity contribution in [3.05, 3.63) is 65.5 Å². The van der Waals surface area contributed by atoms with E-state index in [4.69, 9.17) is 4.74 Å². The molecule has 0 saturated carbocycles. The number of nitrogens with one attached hydrogen (secondary N) is 1. The number of halogens is 1. The molecule has 0 fully saturated rings. The van der Waals surface area contributed by atoms with Gasteiger partial charge in [0.1, 0.15) is 17.6 Å². The molecule has 0 bridgehead atoms. The zero-order valence-corrected chi connectivity index (χ0v) is 17.3. The molecule has 1 unspecified atom stereocenters. The summed E-state index contributed by atoms with van der Waals surface area (Å²) in [5, 5.41) is 2.86. The highest BCUT2D eigenvalue weighted by Crippen LogP contribution is 2.16. The summed E-state index contributed by atoms with van der Waals surface area (Å²) >= 11 is 0. The van der Waals surface area contributed by atoms with Crippen LogP contribution in [0.1, 0.15) is 37.8 Å². The van der Waals surface area contributed by atoms with E-state index in [0.29, 0.717) is 18.7 Å². The fraction of sp³-hybridized carbons (Fsp3) is 0.391. The molecule has 0 heterocycles. The lowest BCUT2D eigenvalue weighted by Gasteiger charge is -2.30. The van der Waals surface area contributed by atoms with Crippen LogP contribution < -0.4 is 10.1 Å². The van der Waals surface area contributed by atoms with Crippen molar-refractivity contribution in [3.8, 4) is 5.75 Å². The average molecular weight is 400 g/mol. The largest absolute Gasteiger partial charge is 0.484 e. The van der Waals surface area contributed by atoms with E-state index in [2.05, 4.69) is 5.32 Å². The van der Waals surface area contributed by atoms with Gasteiger partial charge >= 0.3 is 0 Å². The predicted molar refractivity (Wildman–Crippen MR) is 111 cm³/mol. The van der Waals surface area contributed by atoms with E-state index < -0.39 is 6.04 Å². The Morgan fingerprint density at radius 2 is 1.86 bits per heavy atom. The van der Waals surface area contributed by atoms with Gasteiger partial charge in [-0.25, -0.2) is 4.39 Å². The summed E-state index contributed by atoms with van der Waals surface area (Å²) in [6.45, 7) is 6.35. The molecule has 2 aromatic carbocycles. The van der Waals surface area contributed by atoms with Crippen LogP contribution >= 0.6 is 0 Å². The van der Waals surface area contributed by atoms with Crippen LogP contribution in [0.15, 0.2) is 48.5 Å². The maximum atomic E-state index is 13.3. The summed E-state index contributed by atoms with van der Waals surface area (Å²) in [4.78, 5) is 27.1. The number of rotatable bonds is 10. The van der Waals surface area contributed by atoms with Crippen molar-refractivity contribution >= 4 is 11.8 Å².